The predicted octanol–water partition coefficient (Wildman–Crippen LogP) is 4.36. The number of aromatic nitrogens is 2. The maximum absolute atomic E-state index is 15.1. The first-order valence-electron chi connectivity index (χ1n) is 13.3. The van der Waals surface area contributed by atoms with Gasteiger partial charge in [-0.2, -0.15) is 10.4 Å². The molecule has 3 aromatic carbocycles. The number of fused-ring (bicyclic) bond motifs is 3. The number of ketones is 1. The number of rotatable bonds is 7. The Morgan fingerprint density at radius 2 is 1.76 bits per heavy atom. The van der Waals surface area contributed by atoms with Gasteiger partial charge in [0.2, 0.25) is 11.7 Å². The van der Waals surface area contributed by atoms with E-state index in [1.807, 2.05) is 36.4 Å². The molecule has 9 nitrogen and oxygen atoms in total. The maximum atomic E-state index is 15.1. The molecule has 1 saturated heterocycles. The highest BCUT2D eigenvalue weighted by molar-refractivity contribution is 6.15. The Hall–Kier alpha value is -4.85. The van der Waals surface area contributed by atoms with Crippen molar-refractivity contribution in [3.05, 3.63) is 95.4 Å². The van der Waals surface area contributed by atoms with Crippen LogP contribution in [0.1, 0.15) is 21.6 Å². The SMILES string of the molecule is N#CC(C(=O)Nc1ccccc1)C(=O)c1nn(-c2ccccc2)c2c1COc1c(CN3CCOCC3)cc(F)cc1-2. The number of Topliss-reactive ketones (excluding diaryl/α,β-unsaturated/α-hetero) is 1. The number of carbonyl (C=O) groups is 2. The van der Waals surface area contributed by atoms with Crippen molar-refractivity contribution in [2.24, 2.45) is 5.92 Å². The van der Waals surface area contributed by atoms with Gasteiger partial charge in [0, 0.05) is 42.0 Å². The molecule has 1 amide bonds. The quantitative estimate of drug-likeness (QED) is 0.268. The molecule has 0 aliphatic carbocycles. The first-order chi connectivity index (χ1) is 20.0. The number of benzene rings is 3. The molecule has 6 rings (SSSR count). The minimum atomic E-state index is -1.65. The molecule has 1 unspecified atom stereocenters. The van der Waals surface area contributed by atoms with Crippen LogP contribution in [0.5, 0.6) is 5.75 Å². The van der Waals surface area contributed by atoms with Gasteiger partial charge < -0.3 is 14.8 Å². The van der Waals surface area contributed by atoms with E-state index in [0.717, 1.165) is 13.1 Å². The van der Waals surface area contributed by atoms with Crippen molar-refractivity contribution in [1.82, 2.24) is 14.7 Å². The molecule has 2 aliphatic heterocycles. The minimum Gasteiger partial charge on any atom is -0.488 e. The van der Waals surface area contributed by atoms with Crippen LogP contribution in [-0.4, -0.2) is 52.7 Å². The van der Waals surface area contributed by atoms with Crippen LogP contribution in [0.3, 0.4) is 0 Å². The third-order valence-electron chi connectivity index (χ3n) is 7.16. The number of nitrogens with one attached hydrogen (secondary N) is 1. The lowest BCUT2D eigenvalue weighted by atomic mass is 9.94. The summed E-state index contributed by atoms with van der Waals surface area (Å²) >= 11 is 0. The van der Waals surface area contributed by atoms with Gasteiger partial charge in [-0.15, -0.1) is 0 Å². The van der Waals surface area contributed by atoms with E-state index in [2.05, 4.69) is 15.3 Å². The summed E-state index contributed by atoms with van der Waals surface area (Å²) in [5, 5.41) is 17.1. The smallest absolute Gasteiger partial charge is 0.249 e. The number of nitrogens with zero attached hydrogens (tertiary/aromatic N) is 4. The summed E-state index contributed by atoms with van der Waals surface area (Å²) in [5.41, 5.74) is 3.04. The molecular weight excluding hydrogens is 525 g/mol. The molecule has 2 aliphatic rings. The zero-order valence-electron chi connectivity index (χ0n) is 22.0. The molecule has 0 radical (unpaired) electrons. The average molecular weight is 552 g/mol. The molecule has 206 valence electrons. The molecule has 4 aromatic rings. The molecular formula is C31H26FN5O4. The summed E-state index contributed by atoms with van der Waals surface area (Å²) < 4.78 is 28.3. The molecule has 0 spiro atoms. The van der Waals surface area contributed by atoms with Gasteiger partial charge in [0.05, 0.1) is 30.7 Å². The second-order valence-electron chi connectivity index (χ2n) is 9.82. The standard InChI is InChI=1S/C31H26FN5O4/c32-21-15-20(18-36-11-13-40-14-12-36)30-24(16-21)28-26(19-41-30)27(35-37(28)23-9-5-2-6-10-23)29(38)25(17-33)31(39)34-22-7-3-1-4-8-22/h1-10,15-16,25H,11-14,18-19H2,(H,34,39). The van der Waals surface area contributed by atoms with Crippen LogP contribution in [0, 0.1) is 23.1 Å². The van der Waals surface area contributed by atoms with Gasteiger partial charge in [0.1, 0.15) is 23.9 Å². The number of amides is 1. The van der Waals surface area contributed by atoms with Crippen LogP contribution in [0.15, 0.2) is 72.8 Å². The zero-order chi connectivity index (χ0) is 28.3. The highest BCUT2D eigenvalue weighted by Gasteiger charge is 2.37. The Bertz CT molecular complexity index is 1640. The Kier molecular flexibility index (Phi) is 7.29. The van der Waals surface area contributed by atoms with E-state index in [1.165, 1.54) is 12.1 Å². The Balaban J connectivity index is 1.43. The number of nitriles is 1. The van der Waals surface area contributed by atoms with Gasteiger partial charge in [-0.1, -0.05) is 36.4 Å². The van der Waals surface area contributed by atoms with E-state index in [4.69, 9.17) is 9.47 Å². The summed E-state index contributed by atoms with van der Waals surface area (Å²) in [7, 11) is 0. The number of carbonyl (C=O) groups excluding carboxylic acids is 2. The minimum absolute atomic E-state index is 0.0313. The molecule has 0 saturated carbocycles. The Morgan fingerprint density at radius 3 is 2.46 bits per heavy atom. The van der Waals surface area contributed by atoms with Crippen molar-refractivity contribution in [1.29, 1.82) is 5.26 Å². The van der Waals surface area contributed by atoms with Crippen LogP contribution in [0.25, 0.3) is 16.9 Å². The van der Waals surface area contributed by atoms with E-state index in [0.29, 0.717) is 59.3 Å². The summed E-state index contributed by atoms with van der Waals surface area (Å²) in [6.07, 6.45) is 0. The van der Waals surface area contributed by atoms with Crippen LogP contribution in [0.4, 0.5) is 10.1 Å². The van der Waals surface area contributed by atoms with E-state index >= 15 is 4.39 Å². The van der Waals surface area contributed by atoms with Gasteiger partial charge in [0.25, 0.3) is 0 Å². The molecule has 1 atom stereocenters. The van der Waals surface area contributed by atoms with Crippen molar-refractivity contribution in [3.8, 4) is 28.8 Å². The molecule has 10 heteroatoms. The molecule has 1 fully saturated rings. The van der Waals surface area contributed by atoms with Crippen LogP contribution in [-0.2, 0) is 22.7 Å². The van der Waals surface area contributed by atoms with Gasteiger partial charge in [-0.05, 0) is 36.4 Å². The fourth-order valence-corrected chi connectivity index (χ4v) is 5.19. The number of ether oxygens (including phenoxy) is 2. The maximum Gasteiger partial charge on any atom is 0.249 e. The topological polar surface area (TPSA) is 109 Å². The lowest BCUT2D eigenvalue weighted by Gasteiger charge is -2.29. The van der Waals surface area contributed by atoms with Crippen molar-refractivity contribution < 1.29 is 23.5 Å². The second kappa shape index (κ2) is 11.3. The molecule has 1 aromatic heterocycles. The fourth-order valence-electron chi connectivity index (χ4n) is 5.19. The third kappa shape index (κ3) is 5.20. The van der Waals surface area contributed by atoms with Gasteiger partial charge in [-0.25, -0.2) is 9.07 Å². The van der Waals surface area contributed by atoms with Crippen molar-refractivity contribution in [3.63, 3.8) is 0 Å². The summed E-state index contributed by atoms with van der Waals surface area (Å²) in [6.45, 7) is 3.09. The van der Waals surface area contributed by atoms with E-state index in [-0.39, 0.29) is 12.3 Å². The first-order valence-corrected chi connectivity index (χ1v) is 13.3. The van der Waals surface area contributed by atoms with Gasteiger partial charge >= 0.3 is 0 Å². The molecule has 1 N–H and O–H groups in total. The number of hydrogen-bond donors (Lipinski definition) is 1. The van der Waals surface area contributed by atoms with Crippen molar-refractivity contribution in [2.45, 2.75) is 13.2 Å². The van der Waals surface area contributed by atoms with Gasteiger partial charge in [0.15, 0.2) is 5.92 Å². The number of hydrogen-bond acceptors (Lipinski definition) is 7. The van der Waals surface area contributed by atoms with Crippen LogP contribution in [0.2, 0.25) is 0 Å². The summed E-state index contributed by atoms with van der Waals surface area (Å²) in [4.78, 5) is 28.9. The monoisotopic (exact) mass is 551 g/mol. The lowest BCUT2D eigenvalue weighted by molar-refractivity contribution is -0.117. The van der Waals surface area contributed by atoms with Gasteiger partial charge in [-0.3, -0.25) is 14.5 Å². The predicted molar refractivity (Wildman–Crippen MR) is 148 cm³/mol. The average Bonchev–Trinajstić information content (AvgIpc) is 3.39. The Labute approximate surface area is 235 Å². The highest BCUT2D eigenvalue weighted by Crippen LogP contribution is 2.43. The number of halogens is 1. The number of anilines is 1. The van der Waals surface area contributed by atoms with Crippen molar-refractivity contribution in [2.75, 3.05) is 31.6 Å². The number of para-hydroxylation sites is 2. The largest absolute Gasteiger partial charge is 0.488 e. The van der Waals surface area contributed by atoms with Crippen molar-refractivity contribution >= 4 is 17.4 Å². The van der Waals surface area contributed by atoms with E-state index < -0.39 is 23.4 Å². The normalized spacial score (nSPS) is 15.1. The van der Waals surface area contributed by atoms with Crippen LogP contribution < -0.4 is 10.1 Å². The molecule has 3 heterocycles. The Morgan fingerprint density at radius 1 is 1.05 bits per heavy atom. The third-order valence-corrected chi connectivity index (χ3v) is 7.16. The lowest BCUT2D eigenvalue weighted by Crippen LogP contribution is -2.35. The highest BCUT2D eigenvalue weighted by atomic mass is 19.1. The van der Waals surface area contributed by atoms with E-state index in [1.54, 1.807) is 35.0 Å². The number of morpholine rings is 1. The summed E-state index contributed by atoms with van der Waals surface area (Å²) in [5.74, 6) is -3.11. The molecule has 41 heavy (non-hydrogen) atoms. The fraction of sp³-hybridized carbons (Fsp3) is 0.226. The zero-order valence-corrected chi connectivity index (χ0v) is 22.0. The van der Waals surface area contributed by atoms with Crippen LogP contribution >= 0.6 is 0 Å². The molecule has 0 bridgehead atoms. The summed E-state index contributed by atoms with van der Waals surface area (Å²) in [6, 6.07) is 22.4. The second-order valence-corrected chi connectivity index (χ2v) is 9.82. The first kappa shape index (κ1) is 26.4. The van der Waals surface area contributed by atoms with E-state index in [9.17, 15) is 14.9 Å².